The molecular weight excluding hydrogens is 354 g/mol. The van der Waals surface area contributed by atoms with Gasteiger partial charge in [0, 0.05) is 12.5 Å². The van der Waals surface area contributed by atoms with E-state index >= 15 is 0 Å². The second-order valence-corrected chi connectivity index (χ2v) is 9.16. The monoisotopic (exact) mass is 391 g/mol. The molecule has 2 aromatic rings. The van der Waals surface area contributed by atoms with Crippen molar-refractivity contribution in [3.63, 3.8) is 0 Å². The SMILES string of the molecule is CCCCOc1ccc(C(CCN2CCC3CCC(C3)C2)c2ccccc2)cc1. The molecule has 1 saturated heterocycles. The van der Waals surface area contributed by atoms with Gasteiger partial charge in [-0.05, 0) is 80.3 Å². The summed E-state index contributed by atoms with van der Waals surface area (Å²) in [5, 5.41) is 0. The molecule has 0 spiro atoms. The van der Waals surface area contributed by atoms with E-state index in [2.05, 4.69) is 66.4 Å². The molecule has 3 atom stereocenters. The molecule has 1 heterocycles. The van der Waals surface area contributed by atoms with Gasteiger partial charge in [0.05, 0.1) is 6.61 Å². The van der Waals surface area contributed by atoms with E-state index in [0.29, 0.717) is 5.92 Å². The average molecular weight is 392 g/mol. The van der Waals surface area contributed by atoms with Crippen LogP contribution in [-0.2, 0) is 0 Å². The lowest BCUT2D eigenvalue weighted by Gasteiger charge is -2.27. The highest BCUT2D eigenvalue weighted by atomic mass is 16.5. The number of benzene rings is 2. The third-order valence-electron chi connectivity index (χ3n) is 7.00. The van der Waals surface area contributed by atoms with Crippen LogP contribution in [0.2, 0.25) is 0 Å². The Hall–Kier alpha value is -1.80. The molecule has 0 radical (unpaired) electrons. The fourth-order valence-corrected chi connectivity index (χ4v) is 5.28. The van der Waals surface area contributed by atoms with Crippen LogP contribution >= 0.6 is 0 Å². The third kappa shape index (κ3) is 5.63. The molecule has 29 heavy (non-hydrogen) atoms. The lowest BCUT2D eigenvalue weighted by atomic mass is 9.88. The lowest BCUT2D eigenvalue weighted by molar-refractivity contribution is 0.231. The summed E-state index contributed by atoms with van der Waals surface area (Å²) in [6.07, 6.45) is 9.32. The number of hydrogen-bond donors (Lipinski definition) is 0. The summed E-state index contributed by atoms with van der Waals surface area (Å²) in [4.78, 5) is 2.75. The highest BCUT2D eigenvalue weighted by molar-refractivity contribution is 5.36. The molecule has 1 aliphatic heterocycles. The van der Waals surface area contributed by atoms with Crippen molar-refractivity contribution in [3.05, 3.63) is 65.7 Å². The molecule has 0 aromatic heterocycles. The predicted molar refractivity (Wildman–Crippen MR) is 122 cm³/mol. The fraction of sp³-hybridized carbons (Fsp3) is 0.556. The Morgan fingerprint density at radius 2 is 1.69 bits per heavy atom. The Morgan fingerprint density at radius 1 is 0.931 bits per heavy atom. The Balaban J connectivity index is 1.42. The smallest absolute Gasteiger partial charge is 0.119 e. The minimum Gasteiger partial charge on any atom is -0.494 e. The van der Waals surface area contributed by atoms with Crippen LogP contribution in [-0.4, -0.2) is 31.1 Å². The van der Waals surface area contributed by atoms with E-state index in [0.717, 1.165) is 30.6 Å². The molecule has 2 aromatic carbocycles. The Bertz CT molecular complexity index is 726. The van der Waals surface area contributed by atoms with Gasteiger partial charge in [0.1, 0.15) is 5.75 Å². The van der Waals surface area contributed by atoms with Gasteiger partial charge in [-0.1, -0.05) is 62.2 Å². The van der Waals surface area contributed by atoms with Gasteiger partial charge in [0.2, 0.25) is 0 Å². The van der Waals surface area contributed by atoms with E-state index in [1.165, 1.54) is 69.3 Å². The number of hydrogen-bond acceptors (Lipinski definition) is 2. The van der Waals surface area contributed by atoms with Gasteiger partial charge in [0.15, 0.2) is 0 Å². The molecule has 3 unspecified atom stereocenters. The summed E-state index contributed by atoms with van der Waals surface area (Å²) in [6.45, 7) is 6.84. The van der Waals surface area contributed by atoms with E-state index in [4.69, 9.17) is 4.74 Å². The largest absolute Gasteiger partial charge is 0.494 e. The van der Waals surface area contributed by atoms with Crippen molar-refractivity contribution in [2.75, 3.05) is 26.2 Å². The van der Waals surface area contributed by atoms with Gasteiger partial charge >= 0.3 is 0 Å². The van der Waals surface area contributed by atoms with Crippen molar-refractivity contribution < 1.29 is 4.74 Å². The van der Waals surface area contributed by atoms with Crippen LogP contribution in [0.4, 0.5) is 0 Å². The first-order valence-corrected chi connectivity index (χ1v) is 11.8. The summed E-state index contributed by atoms with van der Waals surface area (Å²) in [5.74, 6) is 3.42. The van der Waals surface area contributed by atoms with Gasteiger partial charge in [-0.2, -0.15) is 0 Å². The molecule has 2 bridgehead atoms. The number of nitrogens with zero attached hydrogens (tertiary/aromatic N) is 1. The van der Waals surface area contributed by atoms with Crippen LogP contribution in [0.25, 0.3) is 0 Å². The zero-order valence-corrected chi connectivity index (χ0v) is 18.1. The molecule has 2 aliphatic rings. The zero-order valence-electron chi connectivity index (χ0n) is 18.1. The van der Waals surface area contributed by atoms with E-state index in [1.807, 2.05) is 0 Å². The van der Waals surface area contributed by atoms with Gasteiger partial charge in [-0.25, -0.2) is 0 Å². The molecule has 0 N–H and O–H groups in total. The Kier molecular flexibility index (Phi) is 7.27. The quantitative estimate of drug-likeness (QED) is 0.452. The fourth-order valence-electron chi connectivity index (χ4n) is 5.28. The normalized spacial score (nSPS) is 22.9. The van der Waals surface area contributed by atoms with Crippen LogP contribution in [0.3, 0.4) is 0 Å². The van der Waals surface area contributed by atoms with E-state index in [1.54, 1.807) is 0 Å². The summed E-state index contributed by atoms with van der Waals surface area (Å²) >= 11 is 0. The van der Waals surface area contributed by atoms with Crippen LogP contribution in [0.5, 0.6) is 5.75 Å². The Labute approximate surface area is 177 Å². The maximum Gasteiger partial charge on any atom is 0.119 e. The average Bonchev–Trinajstić information content (AvgIpc) is 3.10. The highest BCUT2D eigenvalue weighted by Crippen LogP contribution is 2.37. The standard InChI is InChI=1S/C27H37NO/c1-2-3-19-29-26-13-11-25(12-14-26)27(24-7-5-4-6-8-24)16-18-28-17-15-22-9-10-23(20-22)21-28/h4-8,11-14,22-23,27H,2-3,9-10,15-21H2,1H3. The first-order chi connectivity index (χ1) is 14.3. The van der Waals surface area contributed by atoms with Crippen molar-refractivity contribution in [3.8, 4) is 5.75 Å². The van der Waals surface area contributed by atoms with Gasteiger partial charge in [0.25, 0.3) is 0 Å². The highest BCUT2D eigenvalue weighted by Gasteiger charge is 2.30. The maximum absolute atomic E-state index is 5.88. The van der Waals surface area contributed by atoms with Crippen molar-refractivity contribution in [1.29, 1.82) is 0 Å². The van der Waals surface area contributed by atoms with Crippen LogP contribution in [0.1, 0.15) is 68.9 Å². The number of rotatable bonds is 9. The molecular formula is C27H37NO. The van der Waals surface area contributed by atoms with Crippen LogP contribution in [0.15, 0.2) is 54.6 Å². The van der Waals surface area contributed by atoms with Crippen LogP contribution in [0, 0.1) is 11.8 Å². The van der Waals surface area contributed by atoms with Gasteiger partial charge < -0.3 is 9.64 Å². The van der Waals surface area contributed by atoms with Crippen LogP contribution < -0.4 is 4.74 Å². The molecule has 2 nitrogen and oxygen atoms in total. The van der Waals surface area contributed by atoms with Gasteiger partial charge in [-0.15, -0.1) is 0 Å². The number of fused-ring (bicyclic) bond motifs is 2. The molecule has 2 heteroatoms. The Morgan fingerprint density at radius 3 is 2.48 bits per heavy atom. The molecule has 156 valence electrons. The number of unbranched alkanes of at least 4 members (excludes halogenated alkanes) is 1. The maximum atomic E-state index is 5.88. The summed E-state index contributed by atoms with van der Waals surface area (Å²) in [6, 6.07) is 19.9. The van der Waals surface area contributed by atoms with Gasteiger partial charge in [-0.3, -0.25) is 0 Å². The molecule has 0 amide bonds. The first-order valence-electron chi connectivity index (χ1n) is 11.8. The van der Waals surface area contributed by atoms with E-state index < -0.39 is 0 Å². The zero-order chi connectivity index (χ0) is 19.9. The lowest BCUT2D eigenvalue weighted by Crippen LogP contribution is -2.31. The molecule has 1 saturated carbocycles. The summed E-state index contributed by atoms with van der Waals surface area (Å²) in [7, 11) is 0. The van der Waals surface area contributed by atoms with E-state index in [-0.39, 0.29) is 0 Å². The molecule has 1 aliphatic carbocycles. The molecule has 2 fully saturated rings. The second-order valence-electron chi connectivity index (χ2n) is 9.16. The van der Waals surface area contributed by atoms with E-state index in [9.17, 15) is 0 Å². The first kappa shape index (κ1) is 20.5. The summed E-state index contributed by atoms with van der Waals surface area (Å²) in [5.41, 5.74) is 2.85. The molecule has 4 rings (SSSR count). The third-order valence-corrected chi connectivity index (χ3v) is 7.00. The van der Waals surface area contributed by atoms with Crippen molar-refractivity contribution in [2.24, 2.45) is 11.8 Å². The van der Waals surface area contributed by atoms with Crippen molar-refractivity contribution >= 4 is 0 Å². The topological polar surface area (TPSA) is 12.5 Å². The number of likely N-dealkylation sites (tertiary alicyclic amines) is 1. The van der Waals surface area contributed by atoms with Crippen molar-refractivity contribution in [2.45, 2.75) is 57.8 Å². The minimum absolute atomic E-state index is 0.460. The predicted octanol–water partition coefficient (Wildman–Crippen LogP) is 6.51. The summed E-state index contributed by atoms with van der Waals surface area (Å²) < 4.78 is 5.88. The minimum atomic E-state index is 0.460. The second kappa shape index (κ2) is 10.3. The number of ether oxygens (including phenoxy) is 1. The van der Waals surface area contributed by atoms with Crippen molar-refractivity contribution in [1.82, 2.24) is 4.90 Å².